The number of nitro benzene ring substituents is 1. The summed E-state index contributed by atoms with van der Waals surface area (Å²) in [6.07, 6.45) is 2.18. The maximum atomic E-state index is 10.8. The van der Waals surface area contributed by atoms with Crippen molar-refractivity contribution in [1.82, 2.24) is 0 Å². The number of nitro groups is 1. The van der Waals surface area contributed by atoms with E-state index >= 15 is 0 Å². The molecule has 6 nitrogen and oxygen atoms in total. The van der Waals surface area contributed by atoms with Crippen LogP contribution < -0.4 is 10.5 Å². The third-order valence-electron chi connectivity index (χ3n) is 2.79. The molecule has 0 amide bonds. The van der Waals surface area contributed by atoms with E-state index < -0.39 is 0 Å². The third-order valence-corrected chi connectivity index (χ3v) is 2.79. The number of rotatable bonds is 7. The summed E-state index contributed by atoms with van der Waals surface area (Å²) in [5.41, 5.74) is 6.71. The smallest absolute Gasteiger partial charge is 0.272 e. The van der Waals surface area contributed by atoms with Crippen molar-refractivity contribution in [1.29, 1.82) is 5.41 Å². The third kappa shape index (κ3) is 4.57. The molecule has 3 N–H and O–H groups in total. The van der Waals surface area contributed by atoms with Crippen molar-refractivity contribution in [3.05, 3.63) is 33.4 Å². The Hall–Kier alpha value is -2.11. The van der Waals surface area contributed by atoms with E-state index in [1.54, 1.807) is 19.9 Å². The van der Waals surface area contributed by atoms with E-state index in [2.05, 4.69) is 0 Å². The van der Waals surface area contributed by atoms with Gasteiger partial charge in [-0.05, 0) is 38.3 Å². The highest BCUT2D eigenvalue weighted by Gasteiger charge is 2.13. The van der Waals surface area contributed by atoms with Gasteiger partial charge in [-0.25, -0.2) is 0 Å². The van der Waals surface area contributed by atoms with Gasteiger partial charge in [0.25, 0.3) is 5.69 Å². The normalized spacial score (nSPS) is 10.2. The van der Waals surface area contributed by atoms with E-state index in [4.69, 9.17) is 15.9 Å². The molecular weight excluding hydrogens is 246 g/mol. The van der Waals surface area contributed by atoms with E-state index in [0.29, 0.717) is 24.3 Å². The number of benzene rings is 1. The first-order chi connectivity index (χ1) is 8.91. The summed E-state index contributed by atoms with van der Waals surface area (Å²) in [7, 11) is 0. The van der Waals surface area contributed by atoms with E-state index in [1.807, 2.05) is 0 Å². The maximum Gasteiger partial charge on any atom is 0.272 e. The molecule has 0 atom stereocenters. The number of ether oxygens (including phenoxy) is 1. The second kappa shape index (κ2) is 6.72. The lowest BCUT2D eigenvalue weighted by Gasteiger charge is -2.10. The van der Waals surface area contributed by atoms with Crippen molar-refractivity contribution in [3.63, 3.8) is 0 Å². The van der Waals surface area contributed by atoms with Gasteiger partial charge >= 0.3 is 0 Å². The monoisotopic (exact) mass is 265 g/mol. The first-order valence-electron chi connectivity index (χ1n) is 6.13. The van der Waals surface area contributed by atoms with Crippen LogP contribution in [0.1, 0.15) is 30.4 Å². The van der Waals surface area contributed by atoms with Gasteiger partial charge in [0.1, 0.15) is 5.75 Å². The highest BCUT2D eigenvalue weighted by Crippen LogP contribution is 2.27. The zero-order valence-electron chi connectivity index (χ0n) is 11.2. The number of unbranched alkanes of at least 4 members (excludes halogenated alkanes) is 1. The van der Waals surface area contributed by atoms with Crippen LogP contribution >= 0.6 is 0 Å². The van der Waals surface area contributed by atoms with Gasteiger partial charge in [0.15, 0.2) is 0 Å². The summed E-state index contributed by atoms with van der Waals surface area (Å²) in [4.78, 5) is 10.4. The Morgan fingerprint density at radius 3 is 2.63 bits per heavy atom. The SMILES string of the molecule is Cc1cc([N+](=O)[O-])c(C)cc1OCCCCC(=N)N. The number of hydrogen-bond donors (Lipinski definition) is 2. The van der Waals surface area contributed by atoms with Crippen LogP contribution in [0.5, 0.6) is 5.75 Å². The van der Waals surface area contributed by atoms with Gasteiger partial charge in [0.2, 0.25) is 0 Å². The molecule has 104 valence electrons. The summed E-state index contributed by atoms with van der Waals surface area (Å²) in [6.45, 7) is 4.00. The van der Waals surface area contributed by atoms with E-state index in [-0.39, 0.29) is 16.4 Å². The second-order valence-corrected chi connectivity index (χ2v) is 4.49. The zero-order chi connectivity index (χ0) is 14.4. The van der Waals surface area contributed by atoms with Gasteiger partial charge in [-0.3, -0.25) is 15.5 Å². The van der Waals surface area contributed by atoms with E-state index in [1.165, 1.54) is 6.07 Å². The van der Waals surface area contributed by atoms with Crippen LogP contribution in [-0.2, 0) is 0 Å². The molecule has 0 unspecified atom stereocenters. The number of hydrogen-bond acceptors (Lipinski definition) is 4. The Bertz CT molecular complexity index is 486. The molecule has 0 radical (unpaired) electrons. The van der Waals surface area contributed by atoms with Crippen molar-refractivity contribution in [2.24, 2.45) is 5.73 Å². The lowest BCUT2D eigenvalue weighted by Crippen LogP contribution is -2.09. The van der Waals surface area contributed by atoms with Gasteiger partial charge in [-0.15, -0.1) is 0 Å². The van der Waals surface area contributed by atoms with Crippen LogP contribution in [0.3, 0.4) is 0 Å². The van der Waals surface area contributed by atoms with Gasteiger partial charge in [0.05, 0.1) is 17.4 Å². The Kier molecular flexibility index (Phi) is 5.29. The molecule has 0 saturated heterocycles. The van der Waals surface area contributed by atoms with Crippen molar-refractivity contribution in [3.8, 4) is 5.75 Å². The van der Waals surface area contributed by atoms with Crippen LogP contribution in [-0.4, -0.2) is 17.4 Å². The van der Waals surface area contributed by atoms with Gasteiger partial charge in [-0.1, -0.05) is 0 Å². The number of aryl methyl sites for hydroxylation is 2. The van der Waals surface area contributed by atoms with E-state index in [0.717, 1.165) is 18.4 Å². The molecule has 0 aliphatic rings. The summed E-state index contributed by atoms with van der Waals surface area (Å²) in [5.74, 6) is 0.855. The average Bonchev–Trinajstić information content (AvgIpc) is 2.31. The second-order valence-electron chi connectivity index (χ2n) is 4.49. The van der Waals surface area contributed by atoms with Crippen molar-refractivity contribution < 1.29 is 9.66 Å². The number of amidine groups is 1. The highest BCUT2D eigenvalue weighted by atomic mass is 16.6. The molecule has 6 heteroatoms. The van der Waals surface area contributed by atoms with Crippen LogP contribution in [0.25, 0.3) is 0 Å². The fourth-order valence-electron chi connectivity index (χ4n) is 1.73. The van der Waals surface area contributed by atoms with Gasteiger partial charge in [-0.2, -0.15) is 0 Å². The summed E-state index contributed by atoms with van der Waals surface area (Å²) < 4.78 is 5.60. The number of nitrogens with two attached hydrogens (primary N) is 1. The Morgan fingerprint density at radius 1 is 1.37 bits per heavy atom. The first-order valence-corrected chi connectivity index (χ1v) is 6.13. The van der Waals surface area contributed by atoms with E-state index in [9.17, 15) is 10.1 Å². The fraction of sp³-hybridized carbons (Fsp3) is 0.462. The molecular formula is C13H19N3O3. The van der Waals surface area contributed by atoms with Crippen LogP contribution in [0.4, 0.5) is 5.69 Å². The predicted octanol–water partition coefficient (Wildman–Crippen LogP) is 2.70. The quantitative estimate of drug-likeness (QED) is 0.260. The van der Waals surface area contributed by atoms with Crippen molar-refractivity contribution in [2.45, 2.75) is 33.1 Å². The molecule has 0 fully saturated rings. The van der Waals surface area contributed by atoms with Crippen LogP contribution in [0.15, 0.2) is 12.1 Å². The Balaban J connectivity index is 2.57. The summed E-state index contributed by atoms with van der Waals surface area (Å²) >= 11 is 0. The molecule has 0 bridgehead atoms. The molecule has 19 heavy (non-hydrogen) atoms. The zero-order valence-corrected chi connectivity index (χ0v) is 11.2. The molecule has 1 rings (SSSR count). The van der Waals surface area contributed by atoms with Crippen molar-refractivity contribution >= 4 is 11.5 Å². The number of nitrogens with zero attached hydrogens (tertiary/aromatic N) is 1. The summed E-state index contributed by atoms with van der Waals surface area (Å²) in [6, 6.07) is 3.22. The topological polar surface area (TPSA) is 102 Å². The predicted molar refractivity (Wildman–Crippen MR) is 73.8 cm³/mol. The van der Waals surface area contributed by atoms with Gasteiger partial charge in [0, 0.05) is 18.1 Å². The molecule has 0 aromatic heterocycles. The minimum absolute atomic E-state index is 0.112. The maximum absolute atomic E-state index is 10.8. The fourth-order valence-corrected chi connectivity index (χ4v) is 1.73. The largest absolute Gasteiger partial charge is 0.493 e. The lowest BCUT2D eigenvalue weighted by molar-refractivity contribution is -0.385. The van der Waals surface area contributed by atoms with Gasteiger partial charge < -0.3 is 10.5 Å². The molecule has 0 spiro atoms. The average molecular weight is 265 g/mol. The molecule has 1 aromatic carbocycles. The Morgan fingerprint density at radius 2 is 2.05 bits per heavy atom. The van der Waals surface area contributed by atoms with Crippen LogP contribution in [0.2, 0.25) is 0 Å². The molecule has 1 aromatic rings. The first kappa shape index (κ1) is 14.9. The molecule has 0 heterocycles. The summed E-state index contributed by atoms with van der Waals surface area (Å²) in [5, 5.41) is 17.9. The number of nitrogens with one attached hydrogen (secondary N) is 1. The molecule has 0 saturated carbocycles. The standard InChI is InChI=1S/C13H19N3O3/c1-9-8-12(10(2)7-11(9)16(17)18)19-6-4-3-5-13(14)15/h7-8H,3-6H2,1-2H3,(H3,14,15). The van der Waals surface area contributed by atoms with Crippen molar-refractivity contribution in [2.75, 3.05) is 6.61 Å². The highest BCUT2D eigenvalue weighted by molar-refractivity contribution is 5.76. The molecule has 0 aliphatic heterocycles. The molecule has 0 aliphatic carbocycles. The Labute approximate surface area is 112 Å². The minimum atomic E-state index is -0.390. The van der Waals surface area contributed by atoms with Crippen LogP contribution in [0, 0.1) is 29.4 Å². The minimum Gasteiger partial charge on any atom is -0.493 e. The lowest BCUT2D eigenvalue weighted by atomic mass is 10.1.